The Hall–Kier alpha value is -2.89. The van der Waals surface area contributed by atoms with Crippen molar-refractivity contribution in [2.75, 3.05) is 13.2 Å². The molecule has 0 amide bonds. The van der Waals surface area contributed by atoms with E-state index in [1.165, 1.54) is 173 Å². The molecule has 0 radical (unpaired) electrons. The van der Waals surface area contributed by atoms with Gasteiger partial charge in [-0.25, -0.2) is 0 Å². The van der Waals surface area contributed by atoms with Crippen LogP contribution in [0.25, 0.3) is 0 Å². The van der Waals surface area contributed by atoms with Crippen LogP contribution in [0.3, 0.4) is 0 Å². The van der Waals surface area contributed by atoms with Crippen molar-refractivity contribution in [3.05, 3.63) is 60.8 Å². The zero-order chi connectivity index (χ0) is 48.6. The van der Waals surface area contributed by atoms with Crippen molar-refractivity contribution in [1.82, 2.24) is 0 Å². The van der Waals surface area contributed by atoms with Gasteiger partial charge in [-0.05, 0) is 109 Å². The topological polar surface area (TPSA) is 78.9 Å². The predicted octanol–water partition coefficient (Wildman–Crippen LogP) is 19.2. The Morgan fingerprint density at radius 1 is 0.299 bits per heavy atom. The summed E-state index contributed by atoms with van der Waals surface area (Å²) in [6, 6.07) is 0. The summed E-state index contributed by atoms with van der Waals surface area (Å²) < 4.78 is 16.8. The maximum Gasteiger partial charge on any atom is 0.306 e. The molecule has 388 valence electrons. The largest absolute Gasteiger partial charge is 0.462 e. The van der Waals surface area contributed by atoms with E-state index >= 15 is 0 Å². The predicted molar refractivity (Wildman–Crippen MR) is 288 cm³/mol. The van der Waals surface area contributed by atoms with Crippen molar-refractivity contribution >= 4 is 17.9 Å². The summed E-state index contributed by atoms with van der Waals surface area (Å²) >= 11 is 0. The third-order valence-electron chi connectivity index (χ3n) is 12.5. The van der Waals surface area contributed by atoms with Crippen molar-refractivity contribution in [1.29, 1.82) is 0 Å². The molecule has 0 spiro atoms. The van der Waals surface area contributed by atoms with Gasteiger partial charge in [-0.3, -0.25) is 14.4 Å². The summed E-state index contributed by atoms with van der Waals surface area (Å²) in [4.78, 5) is 38.1. The van der Waals surface area contributed by atoms with Gasteiger partial charge in [0.15, 0.2) is 6.10 Å². The van der Waals surface area contributed by atoms with E-state index in [0.717, 1.165) is 70.6 Å². The molecule has 0 bridgehead atoms. The second kappa shape index (κ2) is 55.7. The Morgan fingerprint density at radius 2 is 0.537 bits per heavy atom. The standard InChI is InChI=1S/C61H108O6/c1-4-7-10-13-16-19-22-25-28-29-30-31-34-36-39-42-45-48-51-54-60(63)66-57-58(67-61(64)55-52-49-46-43-40-37-33-27-24-21-18-15-12-9-6-3)56-65-59(62)53-50-47-44-41-38-35-32-26-23-20-17-14-11-8-5-2/h18,21,25-28,32-33,40,43,58H,4-17,19-20,22-24,29-31,34-39,41-42,44-57H2,1-3H3/b21-18-,28-25-,32-26-,33-27-,43-40-/t58-/m0/s1. The van der Waals surface area contributed by atoms with E-state index in [2.05, 4.69) is 81.5 Å². The van der Waals surface area contributed by atoms with Crippen LogP contribution < -0.4 is 0 Å². The molecule has 0 unspecified atom stereocenters. The molecule has 0 aromatic carbocycles. The van der Waals surface area contributed by atoms with Gasteiger partial charge in [0.25, 0.3) is 0 Å². The third-order valence-corrected chi connectivity index (χ3v) is 12.5. The molecule has 1 atom stereocenters. The van der Waals surface area contributed by atoms with Crippen LogP contribution in [0.1, 0.15) is 290 Å². The highest BCUT2D eigenvalue weighted by molar-refractivity contribution is 5.71. The quantitative estimate of drug-likeness (QED) is 0.0262. The molecule has 0 rings (SSSR count). The maximum absolute atomic E-state index is 12.8. The molecule has 0 saturated heterocycles. The van der Waals surface area contributed by atoms with E-state index in [0.29, 0.717) is 19.3 Å². The summed E-state index contributed by atoms with van der Waals surface area (Å²) in [5.41, 5.74) is 0. The van der Waals surface area contributed by atoms with E-state index < -0.39 is 6.10 Å². The molecule has 0 N–H and O–H groups in total. The molecule has 0 heterocycles. The molecular weight excluding hydrogens is 829 g/mol. The van der Waals surface area contributed by atoms with Gasteiger partial charge in [0.1, 0.15) is 13.2 Å². The van der Waals surface area contributed by atoms with Crippen LogP contribution in [0, 0.1) is 0 Å². The van der Waals surface area contributed by atoms with Gasteiger partial charge in [0.2, 0.25) is 0 Å². The Bertz CT molecular complexity index is 1210. The first-order valence-corrected chi connectivity index (χ1v) is 28.8. The van der Waals surface area contributed by atoms with Gasteiger partial charge >= 0.3 is 17.9 Å². The minimum Gasteiger partial charge on any atom is -0.462 e. The molecule has 6 heteroatoms. The first-order chi connectivity index (χ1) is 33.0. The molecule has 0 aliphatic heterocycles. The Labute approximate surface area is 415 Å². The number of rotatable bonds is 52. The second-order valence-corrected chi connectivity index (χ2v) is 19.2. The number of allylic oxidation sites excluding steroid dienone is 10. The fourth-order valence-corrected chi connectivity index (χ4v) is 8.09. The monoisotopic (exact) mass is 937 g/mol. The molecular formula is C61H108O6. The smallest absolute Gasteiger partial charge is 0.306 e. The lowest BCUT2D eigenvalue weighted by Crippen LogP contribution is -2.30. The highest BCUT2D eigenvalue weighted by Crippen LogP contribution is 2.15. The van der Waals surface area contributed by atoms with Gasteiger partial charge in [-0.1, -0.05) is 223 Å². The lowest BCUT2D eigenvalue weighted by Gasteiger charge is -2.18. The molecule has 6 nitrogen and oxygen atoms in total. The minimum absolute atomic E-state index is 0.0922. The van der Waals surface area contributed by atoms with Crippen molar-refractivity contribution in [2.24, 2.45) is 0 Å². The number of ether oxygens (including phenoxy) is 3. The van der Waals surface area contributed by atoms with Crippen LogP contribution >= 0.6 is 0 Å². The van der Waals surface area contributed by atoms with Gasteiger partial charge < -0.3 is 14.2 Å². The SMILES string of the molecule is CCCCC/C=C\C/C=C\C/C=C\CCCCC(=O)O[C@@H](COC(=O)CCCCCCC/C=C\CCCCCCCC)COC(=O)CCCCCCCCCCC/C=C\CCCCCCCC. The van der Waals surface area contributed by atoms with E-state index in [4.69, 9.17) is 14.2 Å². The number of esters is 3. The zero-order valence-corrected chi connectivity index (χ0v) is 44.4. The fourth-order valence-electron chi connectivity index (χ4n) is 8.09. The summed E-state index contributed by atoms with van der Waals surface area (Å²) in [6.07, 6.45) is 69.2. The maximum atomic E-state index is 12.8. The molecule has 0 fully saturated rings. The number of carbonyl (C=O) groups is 3. The summed E-state index contributed by atoms with van der Waals surface area (Å²) in [5.74, 6) is -0.932. The van der Waals surface area contributed by atoms with E-state index in [1.807, 2.05) is 0 Å². The van der Waals surface area contributed by atoms with Crippen LogP contribution in [0.5, 0.6) is 0 Å². The first kappa shape index (κ1) is 64.1. The zero-order valence-electron chi connectivity index (χ0n) is 44.4. The van der Waals surface area contributed by atoms with Crippen LogP contribution in [0.15, 0.2) is 60.8 Å². The van der Waals surface area contributed by atoms with E-state index in [-0.39, 0.29) is 37.5 Å². The van der Waals surface area contributed by atoms with E-state index in [1.54, 1.807) is 0 Å². The Balaban J connectivity index is 4.41. The molecule has 0 aromatic rings. The van der Waals surface area contributed by atoms with Gasteiger partial charge in [-0.15, -0.1) is 0 Å². The lowest BCUT2D eigenvalue weighted by molar-refractivity contribution is -0.167. The first-order valence-electron chi connectivity index (χ1n) is 28.8. The van der Waals surface area contributed by atoms with Crippen molar-refractivity contribution in [3.63, 3.8) is 0 Å². The molecule has 0 aliphatic carbocycles. The number of carbonyl (C=O) groups excluding carboxylic acids is 3. The lowest BCUT2D eigenvalue weighted by atomic mass is 10.1. The number of hydrogen-bond donors (Lipinski definition) is 0. The van der Waals surface area contributed by atoms with Crippen LogP contribution in [-0.2, 0) is 28.6 Å². The normalized spacial score (nSPS) is 12.5. The fraction of sp³-hybridized carbons (Fsp3) is 0.787. The van der Waals surface area contributed by atoms with Crippen LogP contribution in [0.2, 0.25) is 0 Å². The summed E-state index contributed by atoms with van der Waals surface area (Å²) in [5, 5.41) is 0. The summed E-state index contributed by atoms with van der Waals surface area (Å²) in [6.45, 7) is 6.58. The Kier molecular flexibility index (Phi) is 53.3. The number of hydrogen-bond acceptors (Lipinski definition) is 6. The van der Waals surface area contributed by atoms with Gasteiger partial charge in [-0.2, -0.15) is 0 Å². The highest BCUT2D eigenvalue weighted by atomic mass is 16.6. The van der Waals surface area contributed by atoms with Crippen molar-refractivity contribution < 1.29 is 28.6 Å². The van der Waals surface area contributed by atoms with Crippen molar-refractivity contribution in [2.45, 2.75) is 297 Å². The average molecular weight is 938 g/mol. The molecule has 67 heavy (non-hydrogen) atoms. The third kappa shape index (κ3) is 53.9. The van der Waals surface area contributed by atoms with Crippen molar-refractivity contribution in [3.8, 4) is 0 Å². The number of unbranched alkanes of at least 4 members (excludes halogenated alkanes) is 31. The molecule has 0 aromatic heterocycles. The Morgan fingerprint density at radius 3 is 0.910 bits per heavy atom. The van der Waals surface area contributed by atoms with Crippen LogP contribution in [0.4, 0.5) is 0 Å². The summed E-state index contributed by atoms with van der Waals surface area (Å²) in [7, 11) is 0. The van der Waals surface area contributed by atoms with E-state index in [9.17, 15) is 14.4 Å². The second-order valence-electron chi connectivity index (χ2n) is 19.2. The van der Waals surface area contributed by atoms with Gasteiger partial charge in [0, 0.05) is 19.3 Å². The highest BCUT2D eigenvalue weighted by Gasteiger charge is 2.19. The average Bonchev–Trinajstić information content (AvgIpc) is 3.33. The molecule has 0 saturated carbocycles. The van der Waals surface area contributed by atoms with Gasteiger partial charge in [0.05, 0.1) is 0 Å². The minimum atomic E-state index is -0.798. The van der Waals surface area contributed by atoms with Crippen LogP contribution in [-0.4, -0.2) is 37.2 Å². The molecule has 0 aliphatic rings.